The quantitative estimate of drug-likeness (QED) is 0.640. The van der Waals surface area contributed by atoms with Crippen molar-refractivity contribution < 1.29 is 14.3 Å². The summed E-state index contributed by atoms with van der Waals surface area (Å²) in [6.45, 7) is 0.875. The normalized spacial score (nSPS) is 20.8. The van der Waals surface area contributed by atoms with E-state index in [-0.39, 0.29) is 41.8 Å². The molecule has 2 heterocycles. The van der Waals surface area contributed by atoms with Gasteiger partial charge in [0.1, 0.15) is 17.2 Å². The van der Waals surface area contributed by atoms with Gasteiger partial charge >= 0.3 is 0 Å². The minimum Gasteiger partial charge on any atom is -0.371 e. The molecule has 1 unspecified atom stereocenters. The van der Waals surface area contributed by atoms with Crippen LogP contribution in [0.2, 0.25) is 0 Å². The number of pyridine rings is 1. The Labute approximate surface area is 199 Å². The lowest BCUT2D eigenvalue weighted by Gasteiger charge is -2.26. The van der Waals surface area contributed by atoms with Gasteiger partial charge in [0.25, 0.3) is 11.8 Å². The molecule has 2 amide bonds. The number of benzene rings is 1. The highest BCUT2D eigenvalue weighted by Crippen LogP contribution is 2.34. The van der Waals surface area contributed by atoms with Crippen LogP contribution in [0.5, 0.6) is 0 Å². The second kappa shape index (κ2) is 10.1. The van der Waals surface area contributed by atoms with Crippen molar-refractivity contribution in [3.05, 3.63) is 69.1 Å². The van der Waals surface area contributed by atoms with Crippen molar-refractivity contribution >= 4 is 11.8 Å². The Kier molecular flexibility index (Phi) is 6.81. The van der Waals surface area contributed by atoms with Gasteiger partial charge in [-0.15, -0.1) is 0 Å². The van der Waals surface area contributed by atoms with E-state index in [1.54, 1.807) is 12.4 Å². The van der Waals surface area contributed by atoms with Crippen molar-refractivity contribution in [1.29, 1.82) is 0 Å². The fraction of sp³-hybridized carbons (Fsp3) is 0.519. The lowest BCUT2D eigenvalue weighted by molar-refractivity contribution is 0.0411. The number of fused-ring (bicyclic) bond motifs is 1. The highest BCUT2D eigenvalue weighted by molar-refractivity contribution is 5.99. The molecule has 2 saturated carbocycles. The third-order valence-electron chi connectivity index (χ3n) is 7.23. The summed E-state index contributed by atoms with van der Waals surface area (Å²) in [5.41, 5.74) is 1.86. The van der Waals surface area contributed by atoms with Gasteiger partial charge in [-0.05, 0) is 43.2 Å². The molecule has 1 aliphatic heterocycles. The van der Waals surface area contributed by atoms with Gasteiger partial charge in [0.2, 0.25) is 5.43 Å². The monoisotopic (exact) mass is 463 g/mol. The molecule has 1 atom stereocenters. The Morgan fingerprint density at radius 2 is 1.65 bits per heavy atom. The van der Waals surface area contributed by atoms with Gasteiger partial charge in [-0.1, -0.05) is 49.9 Å². The average molecular weight is 464 g/mol. The maximum atomic E-state index is 13.2. The molecule has 34 heavy (non-hydrogen) atoms. The second-order valence-electron chi connectivity index (χ2n) is 9.77. The molecule has 1 aromatic carbocycles. The van der Waals surface area contributed by atoms with Gasteiger partial charge in [0, 0.05) is 31.0 Å². The number of amides is 2. The molecule has 2 N–H and O–H groups in total. The summed E-state index contributed by atoms with van der Waals surface area (Å²) in [5, 5.41) is 5.94. The van der Waals surface area contributed by atoms with Gasteiger partial charge in [-0.2, -0.15) is 0 Å². The largest absolute Gasteiger partial charge is 0.371 e. The lowest BCUT2D eigenvalue weighted by Crippen LogP contribution is -2.40. The number of nitrogens with zero attached hydrogens (tertiary/aromatic N) is 1. The number of nitrogens with one attached hydrogen (secondary N) is 2. The maximum absolute atomic E-state index is 13.2. The first-order valence-electron chi connectivity index (χ1n) is 12.6. The average Bonchev–Trinajstić information content (AvgIpc) is 3.71. The number of ether oxygens (including phenoxy) is 1. The molecule has 0 radical (unpaired) electrons. The van der Waals surface area contributed by atoms with E-state index in [1.807, 2.05) is 22.8 Å². The first-order valence-corrected chi connectivity index (χ1v) is 12.6. The molecule has 0 saturated heterocycles. The minimum atomic E-state index is -0.509. The molecule has 7 heteroatoms. The van der Waals surface area contributed by atoms with E-state index in [2.05, 4.69) is 16.7 Å². The maximum Gasteiger partial charge on any atom is 0.256 e. The smallest absolute Gasteiger partial charge is 0.256 e. The zero-order valence-electron chi connectivity index (χ0n) is 19.6. The van der Waals surface area contributed by atoms with Crippen molar-refractivity contribution in [2.75, 3.05) is 13.2 Å². The first kappa shape index (κ1) is 22.8. The summed E-state index contributed by atoms with van der Waals surface area (Å²) in [5.74, 6) is -0.833. The molecule has 2 aliphatic carbocycles. The standard InChI is InChI=1S/C27H33N3O4/c31-25-22(26(32)28-15-24-21-10-6-5-7-18(21)13-14-34-24)16-30(20-11-12-20)17-23(25)27(33)29-19-8-3-1-2-4-9-19/h5-7,10,16-17,19-20,24H,1-4,8-9,11-15H2,(H,28,32)(H,29,33). The number of rotatable bonds is 6. The molecule has 7 nitrogen and oxygen atoms in total. The molecule has 0 spiro atoms. The number of carbonyl (C=O) groups excluding carboxylic acids is 2. The van der Waals surface area contributed by atoms with Crippen LogP contribution in [0.1, 0.15) is 95.4 Å². The topological polar surface area (TPSA) is 89.4 Å². The van der Waals surface area contributed by atoms with Crippen molar-refractivity contribution in [3.8, 4) is 0 Å². The Bertz CT molecular complexity index is 1110. The first-order chi connectivity index (χ1) is 16.6. The van der Waals surface area contributed by atoms with E-state index in [0.29, 0.717) is 6.61 Å². The highest BCUT2D eigenvalue weighted by Gasteiger charge is 2.28. The van der Waals surface area contributed by atoms with E-state index in [4.69, 9.17) is 4.74 Å². The predicted octanol–water partition coefficient (Wildman–Crippen LogP) is 3.68. The van der Waals surface area contributed by atoms with Crippen molar-refractivity contribution in [1.82, 2.24) is 15.2 Å². The summed E-state index contributed by atoms with van der Waals surface area (Å²) in [7, 11) is 0. The van der Waals surface area contributed by atoms with Gasteiger partial charge < -0.3 is 19.9 Å². The van der Waals surface area contributed by atoms with Crippen LogP contribution in [0, 0.1) is 0 Å². The molecular weight excluding hydrogens is 430 g/mol. The summed E-state index contributed by atoms with van der Waals surface area (Å²) in [6.07, 6.45) is 12.2. The van der Waals surface area contributed by atoms with Crippen LogP contribution in [0.4, 0.5) is 0 Å². The van der Waals surface area contributed by atoms with E-state index >= 15 is 0 Å². The molecule has 5 rings (SSSR count). The SMILES string of the molecule is O=C(NCC1OCCc2ccccc21)c1cn(C2CC2)cc(C(=O)NC2CCCCCC2)c1=O. The van der Waals surface area contributed by atoms with Crippen molar-refractivity contribution in [3.63, 3.8) is 0 Å². The van der Waals surface area contributed by atoms with E-state index in [9.17, 15) is 14.4 Å². The highest BCUT2D eigenvalue weighted by atomic mass is 16.5. The number of hydrogen-bond donors (Lipinski definition) is 2. The van der Waals surface area contributed by atoms with Gasteiger partial charge in [-0.3, -0.25) is 14.4 Å². The van der Waals surface area contributed by atoms with Gasteiger partial charge in [0.15, 0.2) is 0 Å². The van der Waals surface area contributed by atoms with Crippen LogP contribution in [-0.4, -0.2) is 35.6 Å². The zero-order chi connectivity index (χ0) is 23.5. The molecule has 180 valence electrons. The van der Waals surface area contributed by atoms with Crippen LogP contribution >= 0.6 is 0 Å². The van der Waals surface area contributed by atoms with Crippen molar-refractivity contribution in [2.45, 2.75) is 76.0 Å². The minimum absolute atomic E-state index is 0.0181. The molecule has 2 aromatic rings. The van der Waals surface area contributed by atoms with E-state index < -0.39 is 11.3 Å². The summed E-state index contributed by atoms with van der Waals surface area (Å²) < 4.78 is 7.75. The third-order valence-corrected chi connectivity index (χ3v) is 7.23. The summed E-state index contributed by atoms with van der Waals surface area (Å²) in [4.78, 5) is 39.4. The number of hydrogen-bond acceptors (Lipinski definition) is 4. The fourth-order valence-electron chi connectivity index (χ4n) is 5.12. The van der Waals surface area contributed by atoms with Gasteiger partial charge in [0.05, 0.1) is 6.61 Å². The Morgan fingerprint density at radius 1 is 0.941 bits per heavy atom. The van der Waals surface area contributed by atoms with Crippen LogP contribution in [-0.2, 0) is 11.2 Å². The Morgan fingerprint density at radius 3 is 2.38 bits per heavy atom. The van der Waals surface area contributed by atoms with Crippen LogP contribution in [0.15, 0.2) is 41.5 Å². The molecule has 2 fully saturated rings. The predicted molar refractivity (Wildman–Crippen MR) is 129 cm³/mol. The van der Waals surface area contributed by atoms with Crippen molar-refractivity contribution in [2.24, 2.45) is 0 Å². The Hall–Kier alpha value is -2.93. The number of carbonyl (C=O) groups is 2. The zero-order valence-corrected chi connectivity index (χ0v) is 19.6. The summed E-state index contributed by atoms with van der Waals surface area (Å²) in [6, 6.07) is 8.40. The molecular formula is C27H33N3O4. The molecule has 0 bridgehead atoms. The Balaban J connectivity index is 1.34. The second-order valence-corrected chi connectivity index (χ2v) is 9.77. The molecule has 1 aromatic heterocycles. The van der Waals surface area contributed by atoms with Gasteiger partial charge in [-0.25, -0.2) is 0 Å². The summed E-state index contributed by atoms with van der Waals surface area (Å²) >= 11 is 0. The third kappa shape index (κ3) is 5.09. The van der Waals surface area contributed by atoms with Crippen LogP contribution < -0.4 is 16.1 Å². The van der Waals surface area contributed by atoms with E-state index in [1.165, 1.54) is 18.4 Å². The fourth-order valence-corrected chi connectivity index (χ4v) is 5.12. The molecule has 3 aliphatic rings. The van der Waals surface area contributed by atoms with Crippen LogP contribution in [0.3, 0.4) is 0 Å². The number of aromatic nitrogens is 1. The van der Waals surface area contributed by atoms with E-state index in [0.717, 1.165) is 50.5 Å². The lowest BCUT2D eigenvalue weighted by atomic mass is 9.97. The van der Waals surface area contributed by atoms with Crippen LogP contribution in [0.25, 0.3) is 0 Å².